The number of anilines is 1. The van der Waals surface area contributed by atoms with Crippen molar-refractivity contribution in [2.75, 3.05) is 5.73 Å². The third-order valence-corrected chi connectivity index (χ3v) is 8.17. The number of carbonyl (C=O) groups is 1. The van der Waals surface area contributed by atoms with Gasteiger partial charge in [0.05, 0.1) is 5.69 Å². The van der Waals surface area contributed by atoms with Gasteiger partial charge in [0, 0.05) is 12.0 Å². The van der Waals surface area contributed by atoms with E-state index in [0.717, 1.165) is 0 Å². The first-order chi connectivity index (χ1) is 8.58. The average molecular weight is 279 g/mol. The fraction of sp³-hybridized carbons (Fsp3) is 0.533. The van der Waals surface area contributed by atoms with Crippen molar-refractivity contribution in [3.8, 4) is 5.75 Å². The summed E-state index contributed by atoms with van der Waals surface area (Å²) in [6.07, 6.45) is 0.488. The quantitative estimate of drug-likeness (QED) is 0.509. The van der Waals surface area contributed by atoms with Crippen LogP contribution in [0.5, 0.6) is 5.75 Å². The molecule has 4 heteroatoms. The lowest BCUT2D eigenvalue weighted by Gasteiger charge is -2.36. The summed E-state index contributed by atoms with van der Waals surface area (Å²) in [6, 6.07) is 5.33. The molecule has 0 radical (unpaired) electrons. The maximum absolute atomic E-state index is 11.6. The van der Waals surface area contributed by atoms with Crippen molar-refractivity contribution >= 4 is 19.8 Å². The molecule has 0 bridgehead atoms. The van der Waals surface area contributed by atoms with Crippen LogP contribution in [0.25, 0.3) is 0 Å². The molecule has 0 saturated heterocycles. The first-order valence-corrected chi connectivity index (χ1v) is 9.61. The SMILES string of the molecule is CCC(=O)c1ccc(O[Si](C)(C)C(C)(C)C)c(N)c1. The van der Waals surface area contributed by atoms with Crippen molar-refractivity contribution < 1.29 is 9.22 Å². The Morgan fingerprint density at radius 3 is 2.32 bits per heavy atom. The number of rotatable bonds is 4. The zero-order valence-corrected chi connectivity index (χ0v) is 13.8. The second kappa shape index (κ2) is 5.37. The second-order valence-corrected chi connectivity index (χ2v) is 11.1. The van der Waals surface area contributed by atoms with Crippen molar-refractivity contribution in [3.05, 3.63) is 23.8 Å². The number of hydrogen-bond acceptors (Lipinski definition) is 3. The molecule has 0 amide bonds. The summed E-state index contributed by atoms with van der Waals surface area (Å²) in [4.78, 5) is 11.6. The van der Waals surface area contributed by atoms with Crippen LogP contribution >= 0.6 is 0 Å². The van der Waals surface area contributed by atoms with E-state index in [1.807, 2.05) is 13.0 Å². The van der Waals surface area contributed by atoms with Crippen LogP contribution in [0.2, 0.25) is 18.1 Å². The maximum Gasteiger partial charge on any atom is 0.250 e. The molecular formula is C15H25NO2Si. The lowest BCUT2D eigenvalue weighted by Crippen LogP contribution is -2.44. The van der Waals surface area contributed by atoms with Crippen LogP contribution in [-0.4, -0.2) is 14.1 Å². The lowest BCUT2D eigenvalue weighted by atomic mass is 10.1. The molecule has 0 aliphatic carbocycles. The van der Waals surface area contributed by atoms with Crippen LogP contribution in [0.15, 0.2) is 18.2 Å². The zero-order valence-electron chi connectivity index (χ0n) is 12.8. The summed E-state index contributed by atoms with van der Waals surface area (Å²) in [5.41, 5.74) is 7.21. The third-order valence-electron chi connectivity index (χ3n) is 3.82. The molecule has 0 unspecified atom stereocenters. The lowest BCUT2D eigenvalue weighted by molar-refractivity contribution is 0.0988. The standard InChI is InChI=1S/C15H25NO2Si/c1-7-13(17)11-8-9-14(12(16)10-11)18-19(5,6)15(2,3)4/h8-10H,7,16H2,1-6H3. The minimum atomic E-state index is -1.89. The molecule has 2 N–H and O–H groups in total. The first-order valence-electron chi connectivity index (χ1n) is 6.70. The predicted octanol–water partition coefficient (Wildman–Crippen LogP) is 4.25. The maximum atomic E-state index is 11.6. The summed E-state index contributed by atoms with van der Waals surface area (Å²) < 4.78 is 6.17. The fourth-order valence-corrected chi connectivity index (χ4v) is 2.49. The normalized spacial score (nSPS) is 12.3. The number of ketones is 1. The van der Waals surface area contributed by atoms with Crippen molar-refractivity contribution in [1.82, 2.24) is 0 Å². The number of carbonyl (C=O) groups excluding carboxylic acids is 1. The molecule has 0 atom stereocenters. The van der Waals surface area contributed by atoms with E-state index in [0.29, 0.717) is 23.4 Å². The number of benzene rings is 1. The van der Waals surface area contributed by atoms with E-state index in [1.165, 1.54) is 0 Å². The minimum absolute atomic E-state index is 0.102. The number of nitrogen functional groups attached to an aromatic ring is 1. The van der Waals surface area contributed by atoms with Gasteiger partial charge in [-0.25, -0.2) is 0 Å². The molecular weight excluding hydrogens is 254 g/mol. The molecule has 0 saturated carbocycles. The number of hydrogen-bond donors (Lipinski definition) is 1. The van der Waals surface area contributed by atoms with Crippen LogP contribution < -0.4 is 10.2 Å². The van der Waals surface area contributed by atoms with E-state index < -0.39 is 8.32 Å². The predicted molar refractivity (Wildman–Crippen MR) is 83.3 cm³/mol. The van der Waals surface area contributed by atoms with Crippen molar-refractivity contribution in [1.29, 1.82) is 0 Å². The third kappa shape index (κ3) is 3.59. The highest BCUT2D eigenvalue weighted by atomic mass is 28.4. The van der Waals surface area contributed by atoms with Gasteiger partial charge in [0.1, 0.15) is 5.75 Å². The molecule has 0 fully saturated rings. The Morgan fingerprint density at radius 1 is 1.32 bits per heavy atom. The van der Waals surface area contributed by atoms with Gasteiger partial charge in [-0.15, -0.1) is 0 Å². The smallest absolute Gasteiger partial charge is 0.250 e. The summed E-state index contributed by atoms with van der Waals surface area (Å²) in [6.45, 7) is 12.8. The van der Waals surface area contributed by atoms with E-state index >= 15 is 0 Å². The van der Waals surface area contributed by atoms with Crippen molar-refractivity contribution in [2.45, 2.75) is 52.2 Å². The molecule has 106 valence electrons. The molecule has 0 aliphatic heterocycles. The second-order valence-electron chi connectivity index (χ2n) is 6.39. The van der Waals surface area contributed by atoms with Gasteiger partial charge in [0.25, 0.3) is 8.32 Å². The van der Waals surface area contributed by atoms with E-state index in [4.69, 9.17) is 10.2 Å². The highest BCUT2D eigenvalue weighted by Crippen LogP contribution is 2.38. The van der Waals surface area contributed by atoms with E-state index in [9.17, 15) is 4.79 Å². The Kier molecular flexibility index (Phi) is 4.45. The Morgan fingerprint density at radius 2 is 1.89 bits per heavy atom. The van der Waals surface area contributed by atoms with E-state index in [-0.39, 0.29) is 10.8 Å². The van der Waals surface area contributed by atoms with Gasteiger partial charge in [-0.2, -0.15) is 0 Å². The van der Waals surface area contributed by atoms with Gasteiger partial charge in [-0.3, -0.25) is 4.79 Å². The highest BCUT2D eigenvalue weighted by Gasteiger charge is 2.39. The zero-order chi connectivity index (χ0) is 14.8. The minimum Gasteiger partial charge on any atom is -0.542 e. The van der Waals surface area contributed by atoms with E-state index in [2.05, 4.69) is 33.9 Å². The molecule has 0 spiro atoms. The monoisotopic (exact) mass is 279 g/mol. The summed E-state index contributed by atoms with van der Waals surface area (Å²) >= 11 is 0. The summed E-state index contributed by atoms with van der Waals surface area (Å²) in [5.74, 6) is 0.796. The van der Waals surface area contributed by atoms with E-state index in [1.54, 1.807) is 12.1 Å². The van der Waals surface area contributed by atoms with Gasteiger partial charge in [0.15, 0.2) is 5.78 Å². The topological polar surface area (TPSA) is 52.3 Å². The Hall–Kier alpha value is -1.29. The molecule has 0 heterocycles. The first kappa shape index (κ1) is 15.8. The largest absolute Gasteiger partial charge is 0.542 e. The Labute approximate surface area is 117 Å². The van der Waals surface area contributed by atoms with Crippen LogP contribution in [0.4, 0.5) is 5.69 Å². The molecule has 0 aliphatic rings. The summed E-state index contributed by atoms with van der Waals surface area (Å²) in [5, 5.41) is 0.122. The van der Waals surface area contributed by atoms with Crippen LogP contribution in [0.1, 0.15) is 44.5 Å². The summed E-state index contributed by atoms with van der Waals surface area (Å²) in [7, 11) is -1.89. The van der Waals surface area contributed by atoms with Crippen LogP contribution in [-0.2, 0) is 0 Å². The van der Waals surface area contributed by atoms with Crippen LogP contribution in [0.3, 0.4) is 0 Å². The number of nitrogens with two attached hydrogens (primary N) is 1. The van der Waals surface area contributed by atoms with Crippen LogP contribution in [0, 0.1) is 0 Å². The molecule has 3 nitrogen and oxygen atoms in total. The van der Waals surface area contributed by atoms with Crippen molar-refractivity contribution in [3.63, 3.8) is 0 Å². The number of Topliss-reactive ketones (excluding diaryl/α,β-unsaturated/α-hetero) is 1. The van der Waals surface area contributed by atoms with Gasteiger partial charge in [0.2, 0.25) is 0 Å². The van der Waals surface area contributed by atoms with Gasteiger partial charge >= 0.3 is 0 Å². The molecule has 1 aromatic carbocycles. The van der Waals surface area contributed by atoms with Gasteiger partial charge in [-0.1, -0.05) is 27.7 Å². The molecule has 1 aromatic rings. The Balaban J connectivity index is 3.02. The Bertz CT molecular complexity index is 476. The highest BCUT2D eigenvalue weighted by molar-refractivity contribution is 6.74. The molecule has 1 rings (SSSR count). The molecule has 0 aromatic heterocycles. The fourth-order valence-electron chi connectivity index (χ4n) is 1.45. The van der Waals surface area contributed by atoms with Crippen molar-refractivity contribution in [2.24, 2.45) is 0 Å². The average Bonchev–Trinajstić information content (AvgIpc) is 2.29. The molecule has 19 heavy (non-hydrogen) atoms. The van der Waals surface area contributed by atoms with Gasteiger partial charge < -0.3 is 10.2 Å². The van der Waals surface area contributed by atoms with Gasteiger partial charge in [-0.05, 0) is 36.3 Å².